The molecule has 0 saturated heterocycles. The molecular formula is C14H10F3NO4S. The highest BCUT2D eigenvalue weighted by Crippen LogP contribution is 2.35. The summed E-state index contributed by atoms with van der Waals surface area (Å²) in [4.78, 5) is -0.481. The van der Waals surface area contributed by atoms with E-state index in [1.54, 1.807) is 0 Å². The Morgan fingerprint density at radius 2 is 1.74 bits per heavy atom. The number of nitrogens with one attached hydrogen (secondary N) is 1. The SMILES string of the molecule is O=S(=O)(Nc1ccc2c(c1)OCO2)c1cccc(C(F)(F)F)c1. The second-order valence-electron chi connectivity index (χ2n) is 4.70. The minimum absolute atomic E-state index is 0.0269. The van der Waals surface area contributed by atoms with Gasteiger partial charge in [0.05, 0.1) is 16.1 Å². The molecule has 0 atom stereocenters. The van der Waals surface area contributed by atoms with Crippen LogP contribution in [0.3, 0.4) is 0 Å². The van der Waals surface area contributed by atoms with Gasteiger partial charge in [-0.15, -0.1) is 0 Å². The Hall–Kier alpha value is -2.42. The number of ether oxygens (including phenoxy) is 2. The lowest BCUT2D eigenvalue weighted by molar-refractivity contribution is -0.137. The first-order chi connectivity index (χ1) is 10.8. The Morgan fingerprint density at radius 1 is 1.00 bits per heavy atom. The van der Waals surface area contributed by atoms with E-state index in [1.165, 1.54) is 18.2 Å². The van der Waals surface area contributed by atoms with Crippen LogP contribution in [0.25, 0.3) is 0 Å². The van der Waals surface area contributed by atoms with Gasteiger partial charge in [0.2, 0.25) is 6.79 Å². The largest absolute Gasteiger partial charge is 0.454 e. The van der Waals surface area contributed by atoms with Crippen LogP contribution in [0.1, 0.15) is 5.56 Å². The molecule has 1 heterocycles. The highest BCUT2D eigenvalue weighted by molar-refractivity contribution is 7.92. The Kier molecular flexibility index (Phi) is 3.59. The molecule has 9 heteroatoms. The number of alkyl halides is 3. The van der Waals surface area contributed by atoms with Gasteiger partial charge in [0.25, 0.3) is 10.0 Å². The Bertz CT molecular complexity index is 849. The van der Waals surface area contributed by atoms with Crippen molar-refractivity contribution in [2.75, 3.05) is 11.5 Å². The van der Waals surface area contributed by atoms with Crippen LogP contribution in [0, 0.1) is 0 Å². The first-order valence-corrected chi connectivity index (χ1v) is 7.84. The highest BCUT2D eigenvalue weighted by atomic mass is 32.2. The maximum Gasteiger partial charge on any atom is 0.416 e. The van der Waals surface area contributed by atoms with Gasteiger partial charge in [-0.1, -0.05) is 6.07 Å². The minimum atomic E-state index is -4.62. The number of hydrogen-bond donors (Lipinski definition) is 1. The van der Waals surface area contributed by atoms with Gasteiger partial charge in [0, 0.05) is 6.07 Å². The molecule has 2 aromatic carbocycles. The van der Waals surface area contributed by atoms with E-state index in [1.807, 2.05) is 0 Å². The first-order valence-electron chi connectivity index (χ1n) is 6.35. The lowest BCUT2D eigenvalue weighted by Gasteiger charge is -2.11. The fraction of sp³-hybridized carbons (Fsp3) is 0.143. The molecule has 0 aromatic heterocycles. The lowest BCUT2D eigenvalue weighted by atomic mass is 10.2. The van der Waals surface area contributed by atoms with E-state index in [2.05, 4.69) is 4.72 Å². The van der Waals surface area contributed by atoms with Crippen molar-refractivity contribution in [3.05, 3.63) is 48.0 Å². The van der Waals surface area contributed by atoms with E-state index in [-0.39, 0.29) is 12.5 Å². The van der Waals surface area contributed by atoms with Crippen LogP contribution in [0.5, 0.6) is 11.5 Å². The van der Waals surface area contributed by atoms with Gasteiger partial charge in [-0.05, 0) is 30.3 Å². The van der Waals surface area contributed by atoms with E-state index in [9.17, 15) is 21.6 Å². The van der Waals surface area contributed by atoms with Crippen LogP contribution in [0.4, 0.5) is 18.9 Å². The van der Waals surface area contributed by atoms with Crippen LogP contribution in [0.2, 0.25) is 0 Å². The number of sulfonamides is 1. The van der Waals surface area contributed by atoms with Gasteiger partial charge in [-0.2, -0.15) is 13.2 Å². The highest BCUT2D eigenvalue weighted by Gasteiger charge is 2.31. The van der Waals surface area contributed by atoms with Gasteiger partial charge in [0.1, 0.15) is 0 Å². The molecule has 1 aliphatic heterocycles. The van der Waals surface area contributed by atoms with Crippen molar-refractivity contribution >= 4 is 15.7 Å². The minimum Gasteiger partial charge on any atom is -0.454 e. The molecule has 0 amide bonds. The summed E-state index contributed by atoms with van der Waals surface area (Å²) in [6.07, 6.45) is -4.62. The topological polar surface area (TPSA) is 64.6 Å². The summed E-state index contributed by atoms with van der Waals surface area (Å²) in [5, 5.41) is 0. The molecule has 2 aromatic rings. The summed E-state index contributed by atoms with van der Waals surface area (Å²) >= 11 is 0. The van der Waals surface area contributed by atoms with Crippen molar-refractivity contribution in [1.82, 2.24) is 0 Å². The molecule has 0 saturated carbocycles. The molecule has 0 bridgehead atoms. The number of hydrogen-bond acceptors (Lipinski definition) is 4. The number of rotatable bonds is 3. The fourth-order valence-electron chi connectivity index (χ4n) is 2.01. The van der Waals surface area contributed by atoms with Crippen molar-refractivity contribution in [2.24, 2.45) is 0 Å². The third-order valence-electron chi connectivity index (χ3n) is 3.10. The van der Waals surface area contributed by atoms with Crippen molar-refractivity contribution in [3.63, 3.8) is 0 Å². The number of benzene rings is 2. The van der Waals surface area contributed by atoms with Crippen LogP contribution >= 0.6 is 0 Å². The van der Waals surface area contributed by atoms with Crippen molar-refractivity contribution in [2.45, 2.75) is 11.1 Å². The first kappa shape index (κ1) is 15.5. The zero-order valence-electron chi connectivity index (χ0n) is 11.4. The third kappa shape index (κ3) is 3.19. The average molecular weight is 345 g/mol. The van der Waals surface area contributed by atoms with Crippen LogP contribution in [-0.4, -0.2) is 15.2 Å². The smallest absolute Gasteiger partial charge is 0.416 e. The predicted octanol–water partition coefficient (Wildman–Crippen LogP) is 3.23. The molecule has 3 rings (SSSR count). The van der Waals surface area contributed by atoms with Gasteiger partial charge in [-0.3, -0.25) is 4.72 Å². The molecule has 1 aliphatic rings. The van der Waals surface area contributed by atoms with Crippen molar-refractivity contribution < 1.29 is 31.1 Å². The molecule has 0 fully saturated rings. The third-order valence-corrected chi connectivity index (χ3v) is 4.48. The maximum atomic E-state index is 12.7. The zero-order chi connectivity index (χ0) is 16.7. The Labute approximate surface area is 129 Å². The second kappa shape index (κ2) is 5.34. The lowest BCUT2D eigenvalue weighted by Crippen LogP contribution is -2.14. The predicted molar refractivity (Wildman–Crippen MR) is 74.8 cm³/mol. The summed E-state index contributed by atoms with van der Waals surface area (Å²) in [6.45, 7) is 0.0269. The van der Waals surface area contributed by atoms with E-state index < -0.39 is 26.7 Å². The molecular weight excluding hydrogens is 335 g/mol. The van der Waals surface area contributed by atoms with E-state index in [0.717, 1.165) is 18.2 Å². The fourth-order valence-corrected chi connectivity index (χ4v) is 3.11. The van der Waals surface area contributed by atoms with Gasteiger partial charge in [-0.25, -0.2) is 8.42 Å². The number of anilines is 1. The average Bonchev–Trinajstić information content (AvgIpc) is 2.93. The van der Waals surface area contributed by atoms with Crippen LogP contribution in [-0.2, 0) is 16.2 Å². The maximum absolute atomic E-state index is 12.7. The van der Waals surface area contributed by atoms with Gasteiger partial charge < -0.3 is 9.47 Å². The quantitative estimate of drug-likeness (QED) is 0.928. The monoisotopic (exact) mass is 345 g/mol. The number of fused-ring (bicyclic) bond motifs is 1. The summed E-state index contributed by atoms with van der Waals surface area (Å²) in [7, 11) is -4.16. The molecule has 122 valence electrons. The summed E-state index contributed by atoms with van der Waals surface area (Å²) in [5.41, 5.74) is -0.877. The molecule has 0 aliphatic carbocycles. The molecule has 5 nitrogen and oxygen atoms in total. The van der Waals surface area contributed by atoms with Crippen LogP contribution in [0.15, 0.2) is 47.4 Å². The molecule has 0 radical (unpaired) electrons. The molecule has 0 unspecified atom stereocenters. The van der Waals surface area contributed by atoms with Crippen molar-refractivity contribution in [3.8, 4) is 11.5 Å². The Morgan fingerprint density at radius 3 is 2.48 bits per heavy atom. The van der Waals surface area contributed by atoms with Crippen molar-refractivity contribution in [1.29, 1.82) is 0 Å². The van der Waals surface area contributed by atoms with Gasteiger partial charge in [0.15, 0.2) is 11.5 Å². The standard InChI is InChI=1S/C14H10F3NO4S/c15-14(16,17)9-2-1-3-11(6-9)23(19,20)18-10-4-5-12-13(7-10)22-8-21-12/h1-7,18H,8H2. The molecule has 0 spiro atoms. The van der Waals surface area contributed by atoms with E-state index in [0.29, 0.717) is 17.6 Å². The second-order valence-corrected chi connectivity index (χ2v) is 6.38. The zero-order valence-corrected chi connectivity index (χ0v) is 12.2. The van der Waals surface area contributed by atoms with Gasteiger partial charge >= 0.3 is 6.18 Å². The summed E-state index contributed by atoms with van der Waals surface area (Å²) < 4.78 is 74.9. The Balaban J connectivity index is 1.90. The molecule has 1 N–H and O–H groups in total. The van der Waals surface area contributed by atoms with E-state index >= 15 is 0 Å². The molecule has 23 heavy (non-hydrogen) atoms. The normalized spacial score (nSPS) is 13.9. The number of halogens is 3. The van der Waals surface area contributed by atoms with E-state index in [4.69, 9.17) is 9.47 Å². The summed E-state index contributed by atoms with van der Waals surface area (Å²) in [5.74, 6) is 0.821. The summed E-state index contributed by atoms with van der Waals surface area (Å²) in [6, 6.07) is 7.84. The van der Waals surface area contributed by atoms with Crippen LogP contribution < -0.4 is 14.2 Å².